The third kappa shape index (κ3) is 3.92. The number of ether oxygens (including phenoxy) is 1. The first kappa shape index (κ1) is 17.1. The molecule has 0 saturated heterocycles. The van der Waals surface area contributed by atoms with Crippen LogP contribution in [0.15, 0.2) is 36.4 Å². The second-order valence-corrected chi connectivity index (χ2v) is 5.98. The predicted octanol–water partition coefficient (Wildman–Crippen LogP) is 4.50. The van der Waals surface area contributed by atoms with Gasteiger partial charge in [-0.15, -0.1) is 0 Å². The first-order valence-corrected chi connectivity index (χ1v) is 7.99. The number of methoxy groups -OCH3 is 1. The monoisotopic (exact) mass is 311 g/mol. The molecule has 1 unspecified atom stereocenters. The van der Waals surface area contributed by atoms with E-state index in [2.05, 4.69) is 18.3 Å². The average Bonchev–Trinajstić information content (AvgIpc) is 2.54. The van der Waals surface area contributed by atoms with Crippen molar-refractivity contribution in [1.82, 2.24) is 5.32 Å². The molecule has 1 amide bonds. The van der Waals surface area contributed by atoms with E-state index in [0.29, 0.717) is 0 Å². The summed E-state index contributed by atoms with van der Waals surface area (Å²) in [6, 6.07) is 12.0. The molecule has 2 rings (SSSR count). The third-order valence-electron chi connectivity index (χ3n) is 4.17. The molecule has 0 radical (unpaired) electrons. The Morgan fingerprint density at radius 1 is 1.09 bits per heavy atom. The molecule has 0 fully saturated rings. The van der Waals surface area contributed by atoms with Crippen molar-refractivity contribution in [2.24, 2.45) is 0 Å². The van der Waals surface area contributed by atoms with E-state index in [4.69, 9.17) is 4.74 Å². The van der Waals surface area contributed by atoms with E-state index in [1.54, 1.807) is 7.11 Å². The van der Waals surface area contributed by atoms with Crippen LogP contribution in [0.3, 0.4) is 0 Å². The van der Waals surface area contributed by atoms with Crippen molar-refractivity contribution in [2.75, 3.05) is 7.11 Å². The summed E-state index contributed by atoms with van der Waals surface area (Å²) in [6.07, 6.45) is 0.836. The Kier molecular flexibility index (Phi) is 5.43. The molecule has 23 heavy (non-hydrogen) atoms. The Balaban J connectivity index is 2.23. The summed E-state index contributed by atoms with van der Waals surface area (Å²) in [7, 11) is 1.67. The Morgan fingerprint density at radius 2 is 1.83 bits per heavy atom. The molecule has 0 aromatic heterocycles. The Bertz CT molecular complexity index is 707. The van der Waals surface area contributed by atoms with Crippen LogP contribution < -0.4 is 10.1 Å². The number of carbonyl (C=O) groups excluding carboxylic acids is 1. The highest BCUT2D eigenvalue weighted by atomic mass is 16.5. The quantitative estimate of drug-likeness (QED) is 0.883. The number of hydrogen-bond acceptors (Lipinski definition) is 2. The molecule has 0 spiro atoms. The molecule has 0 aliphatic rings. The Labute approximate surface area is 138 Å². The minimum absolute atomic E-state index is 0.00739. The number of nitrogens with one attached hydrogen (secondary N) is 1. The molecule has 1 N–H and O–H groups in total. The lowest BCUT2D eigenvalue weighted by Gasteiger charge is -2.19. The van der Waals surface area contributed by atoms with Gasteiger partial charge in [-0.05, 0) is 56.0 Å². The van der Waals surface area contributed by atoms with Crippen LogP contribution in [0.25, 0.3) is 0 Å². The van der Waals surface area contributed by atoms with Crippen LogP contribution >= 0.6 is 0 Å². The first-order chi connectivity index (χ1) is 11.0. The van der Waals surface area contributed by atoms with E-state index in [1.165, 1.54) is 0 Å². The van der Waals surface area contributed by atoms with Crippen molar-refractivity contribution in [3.05, 3.63) is 64.2 Å². The van der Waals surface area contributed by atoms with Crippen molar-refractivity contribution in [3.63, 3.8) is 0 Å². The van der Waals surface area contributed by atoms with E-state index in [9.17, 15) is 4.79 Å². The summed E-state index contributed by atoms with van der Waals surface area (Å²) in [4.78, 5) is 12.6. The van der Waals surface area contributed by atoms with Crippen molar-refractivity contribution >= 4 is 5.91 Å². The van der Waals surface area contributed by atoms with Crippen LogP contribution in [0.1, 0.15) is 52.0 Å². The minimum Gasteiger partial charge on any atom is -0.496 e. The fraction of sp³-hybridized carbons (Fsp3) is 0.350. The van der Waals surface area contributed by atoms with E-state index in [1.807, 2.05) is 51.1 Å². The zero-order valence-electron chi connectivity index (χ0n) is 14.6. The number of aryl methyl sites for hydroxylation is 3. The van der Waals surface area contributed by atoms with Gasteiger partial charge in [-0.3, -0.25) is 4.79 Å². The molecule has 122 valence electrons. The van der Waals surface area contributed by atoms with Gasteiger partial charge in [0.25, 0.3) is 5.91 Å². The van der Waals surface area contributed by atoms with Crippen molar-refractivity contribution in [1.29, 1.82) is 0 Å². The maximum absolute atomic E-state index is 12.6. The van der Waals surface area contributed by atoms with Gasteiger partial charge < -0.3 is 10.1 Å². The lowest BCUT2D eigenvalue weighted by atomic mass is 10.00. The van der Waals surface area contributed by atoms with Crippen LogP contribution in [0, 0.1) is 20.8 Å². The summed E-state index contributed by atoms with van der Waals surface area (Å²) in [5, 5.41) is 3.15. The number of hydrogen-bond donors (Lipinski definition) is 1. The van der Waals surface area contributed by atoms with Crippen LogP contribution in [0.4, 0.5) is 0 Å². The number of carbonyl (C=O) groups is 1. The zero-order chi connectivity index (χ0) is 17.0. The summed E-state index contributed by atoms with van der Waals surface area (Å²) in [5.74, 6) is 0.843. The van der Waals surface area contributed by atoms with E-state index < -0.39 is 0 Å². The number of rotatable bonds is 5. The number of benzene rings is 2. The smallest absolute Gasteiger partial charge is 0.252 e. The van der Waals surface area contributed by atoms with Gasteiger partial charge in [0.1, 0.15) is 5.75 Å². The van der Waals surface area contributed by atoms with Gasteiger partial charge in [0, 0.05) is 5.56 Å². The summed E-state index contributed by atoms with van der Waals surface area (Å²) in [5.41, 5.74) is 5.01. The molecule has 3 nitrogen and oxygen atoms in total. The molecule has 0 bridgehead atoms. The molecule has 3 heteroatoms. The van der Waals surface area contributed by atoms with E-state index in [0.717, 1.165) is 40.0 Å². The maximum atomic E-state index is 12.6. The summed E-state index contributed by atoms with van der Waals surface area (Å²) < 4.78 is 5.31. The van der Waals surface area contributed by atoms with Crippen molar-refractivity contribution in [3.8, 4) is 5.75 Å². The second kappa shape index (κ2) is 7.32. The SMILES string of the molecule is CCC(NC(=O)c1cc(C)ccc1C)c1ccc(OC)c(C)c1. The fourth-order valence-corrected chi connectivity index (χ4v) is 2.76. The maximum Gasteiger partial charge on any atom is 0.252 e. The van der Waals surface area contributed by atoms with Crippen LogP contribution in [-0.4, -0.2) is 13.0 Å². The fourth-order valence-electron chi connectivity index (χ4n) is 2.76. The molecule has 0 heterocycles. The molecule has 2 aromatic rings. The van der Waals surface area contributed by atoms with Gasteiger partial charge in [-0.25, -0.2) is 0 Å². The largest absolute Gasteiger partial charge is 0.496 e. The molecule has 0 aliphatic carbocycles. The lowest BCUT2D eigenvalue weighted by Crippen LogP contribution is -2.28. The topological polar surface area (TPSA) is 38.3 Å². The lowest BCUT2D eigenvalue weighted by molar-refractivity contribution is 0.0935. The van der Waals surface area contributed by atoms with E-state index in [-0.39, 0.29) is 11.9 Å². The second-order valence-electron chi connectivity index (χ2n) is 5.98. The molecule has 1 atom stereocenters. The van der Waals surface area contributed by atoms with Crippen molar-refractivity contribution < 1.29 is 9.53 Å². The molecular formula is C20H25NO2. The normalized spacial score (nSPS) is 11.9. The molecule has 0 saturated carbocycles. The molecular weight excluding hydrogens is 286 g/mol. The van der Waals surface area contributed by atoms with Crippen LogP contribution in [-0.2, 0) is 0 Å². The molecule has 0 aliphatic heterocycles. The number of amides is 1. The third-order valence-corrected chi connectivity index (χ3v) is 4.17. The van der Waals surface area contributed by atoms with Crippen LogP contribution in [0.2, 0.25) is 0 Å². The van der Waals surface area contributed by atoms with Gasteiger partial charge in [-0.1, -0.05) is 36.8 Å². The van der Waals surface area contributed by atoms with Crippen LogP contribution in [0.5, 0.6) is 5.75 Å². The first-order valence-electron chi connectivity index (χ1n) is 7.99. The van der Waals surface area contributed by atoms with Gasteiger partial charge in [0.05, 0.1) is 13.2 Å². The average molecular weight is 311 g/mol. The van der Waals surface area contributed by atoms with Gasteiger partial charge in [-0.2, -0.15) is 0 Å². The van der Waals surface area contributed by atoms with E-state index >= 15 is 0 Å². The highest BCUT2D eigenvalue weighted by molar-refractivity contribution is 5.96. The van der Waals surface area contributed by atoms with Crippen molar-refractivity contribution in [2.45, 2.75) is 40.2 Å². The summed E-state index contributed by atoms with van der Waals surface area (Å²) in [6.45, 7) is 8.06. The predicted molar refractivity (Wildman–Crippen MR) is 94.1 cm³/mol. The summed E-state index contributed by atoms with van der Waals surface area (Å²) >= 11 is 0. The highest BCUT2D eigenvalue weighted by Gasteiger charge is 2.16. The highest BCUT2D eigenvalue weighted by Crippen LogP contribution is 2.24. The Hall–Kier alpha value is -2.29. The molecule has 2 aromatic carbocycles. The minimum atomic E-state index is -0.0217. The van der Waals surface area contributed by atoms with Gasteiger partial charge in [0.15, 0.2) is 0 Å². The zero-order valence-corrected chi connectivity index (χ0v) is 14.6. The Morgan fingerprint density at radius 3 is 2.43 bits per heavy atom. The van der Waals surface area contributed by atoms with Gasteiger partial charge >= 0.3 is 0 Å². The standard InChI is InChI=1S/C20H25NO2/c1-6-18(16-9-10-19(23-5)15(4)12-16)21-20(22)17-11-13(2)7-8-14(17)3/h7-12,18H,6H2,1-5H3,(H,21,22). The van der Waals surface area contributed by atoms with Gasteiger partial charge in [0.2, 0.25) is 0 Å².